The molecule has 3 N–H and O–H groups in total. The van der Waals surface area contributed by atoms with E-state index in [1.54, 1.807) is 24.3 Å². The topological polar surface area (TPSA) is 113 Å². The summed E-state index contributed by atoms with van der Waals surface area (Å²) in [5.74, 6) is -2.71. The number of ether oxygens (including phenoxy) is 1. The van der Waals surface area contributed by atoms with Crippen molar-refractivity contribution in [2.24, 2.45) is 0 Å². The van der Waals surface area contributed by atoms with E-state index in [0.717, 1.165) is 11.6 Å². The van der Waals surface area contributed by atoms with Crippen LogP contribution in [0.15, 0.2) is 30.3 Å². The van der Waals surface area contributed by atoms with Crippen molar-refractivity contribution in [2.75, 3.05) is 7.11 Å². The number of methoxy groups -OCH3 is 1. The first-order valence-corrected chi connectivity index (χ1v) is 5.99. The lowest BCUT2D eigenvalue weighted by Gasteiger charge is -2.10. The highest BCUT2D eigenvalue weighted by molar-refractivity contribution is 5.95. The van der Waals surface area contributed by atoms with E-state index in [0.29, 0.717) is 5.75 Å². The summed E-state index contributed by atoms with van der Waals surface area (Å²) in [5.41, 5.74) is 0.719. The second-order valence-corrected chi connectivity index (χ2v) is 4.10. The molecular formula is C14H15NO6. The van der Waals surface area contributed by atoms with Crippen LogP contribution in [0.2, 0.25) is 0 Å². The van der Waals surface area contributed by atoms with Crippen LogP contribution in [0.4, 0.5) is 0 Å². The first-order valence-electron chi connectivity index (χ1n) is 5.99. The Morgan fingerprint density at radius 1 is 1.24 bits per heavy atom. The van der Waals surface area contributed by atoms with Gasteiger partial charge < -0.3 is 20.3 Å². The van der Waals surface area contributed by atoms with E-state index < -0.39 is 30.3 Å². The van der Waals surface area contributed by atoms with Crippen LogP contribution in [0, 0.1) is 0 Å². The van der Waals surface area contributed by atoms with Crippen molar-refractivity contribution in [2.45, 2.75) is 12.5 Å². The second-order valence-electron chi connectivity index (χ2n) is 4.10. The molecule has 21 heavy (non-hydrogen) atoms. The minimum Gasteiger partial charge on any atom is -0.497 e. The monoisotopic (exact) mass is 293 g/mol. The molecule has 0 unspecified atom stereocenters. The molecule has 7 nitrogen and oxygen atoms in total. The Hall–Kier alpha value is -2.83. The fourth-order valence-corrected chi connectivity index (χ4v) is 1.48. The number of benzene rings is 1. The van der Waals surface area contributed by atoms with Gasteiger partial charge in [-0.05, 0) is 23.8 Å². The summed E-state index contributed by atoms with van der Waals surface area (Å²) >= 11 is 0. The zero-order chi connectivity index (χ0) is 15.8. The maximum absolute atomic E-state index is 11.6. The van der Waals surface area contributed by atoms with Crippen LogP contribution in [-0.2, 0) is 14.4 Å². The van der Waals surface area contributed by atoms with Crippen molar-refractivity contribution in [1.82, 2.24) is 5.32 Å². The van der Waals surface area contributed by atoms with Gasteiger partial charge in [-0.15, -0.1) is 0 Å². The quantitative estimate of drug-likeness (QED) is 0.639. The van der Waals surface area contributed by atoms with Gasteiger partial charge in [0.05, 0.1) is 13.5 Å². The molecule has 1 atom stereocenters. The maximum atomic E-state index is 11.6. The normalized spacial score (nSPS) is 11.9. The summed E-state index contributed by atoms with van der Waals surface area (Å²) < 4.78 is 4.99. The highest BCUT2D eigenvalue weighted by Gasteiger charge is 2.21. The number of carbonyl (C=O) groups excluding carboxylic acids is 1. The van der Waals surface area contributed by atoms with E-state index >= 15 is 0 Å². The van der Waals surface area contributed by atoms with Gasteiger partial charge in [-0.2, -0.15) is 0 Å². The number of carbonyl (C=O) groups is 3. The van der Waals surface area contributed by atoms with Crippen LogP contribution in [0.25, 0.3) is 6.08 Å². The Labute approximate surface area is 120 Å². The fourth-order valence-electron chi connectivity index (χ4n) is 1.48. The molecule has 0 saturated heterocycles. The van der Waals surface area contributed by atoms with Crippen LogP contribution < -0.4 is 10.1 Å². The predicted octanol–water partition coefficient (Wildman–Crippen LogP) is 0.752. The second kappa shape index (κ2) is 7.68. The van der Waals surface area contributed by atoms with Crippen molar-refractivity contribution in [3.05, 3.63) is 35.9 Å². The summed E-state index contributed by atoms with van der Waals surface area (Å²) in [6.07, 6.45) is 1.94. The van der Waals surface area contributed by atoms with Crippen molar-refractivity contribution < 1.29 is 29.3 Å². The van der Waals surface area contributed by atoms with Gasteiger partial charge in [-0.1, -0.05) is 12.1 Å². The third-order valence-electron chi connectivity index (χ3n) is 2.54. The lowest BCUT2D eigenvalue weighted by molar-refractivity contribution is -0.146. The molecule has 0 bridgehead atoms. The minimum absolute atomic E-state index is 0.670. The standard InChI is InChI=1S/C14H15NO6/c1-21-10-5-2-9(3-6-10)4-7-12(16)15-11(14(19)20)8-13(17)18/h2-7,11H,8H2,1H3,(H,15,16)(H,17,18)(H,19,20)/b7-4+/t11-/m1/s1. The highest BCUT2D eigenvalue weighted by atomic mass is 16.5. The Bertz CT molecular complexity index is 549. The number of carboxylic acids is 2. The van der Waals surface area contributed by atoms with Gasteiger partial charge in [-0.3, -0.25) is 9.59 Å². The number of nitrogens with one attached hydrogen (secondary N) is 1. The smallest absolute Gasteiger partial charge is 0.326 e. The molecule has 0 radical (unpaired) electrons. The van der Waals surface area contributed by atoms with Gasteiger partial charge >= 0.3 is 11.9 Å². The molecule has 0 heterocycles. The molecular weight excluding hydrogens is 278 g/mol. The number of carboxylic acid groups (broad SMARTS) is 2. The zero-order valence-electron chi connectivity index (χ0n) is 11.3. The summed E-state index contributed by atoms with van der Waals surface area (Å²) in [5, 5.41) is 19.5. The SMILES string of the molecule is COc1ccc(/C=C/C(=O)N[C@H](CC(=O)O)C(=O)O)cc1. The third kappa shape index (κ3) is 5.77. The average molecular weight is 293 g/mol. The largest absolute Gasteiger partial charge is 0.497 e. The van der Waals surface area contributed by atoms with Crippen molar-refractivity contribution in [1.29, 1.82) is 0 Å². The lowest BCUT2D eigenvalue weighted by Crippen LogP contribution is -2.41. The van der Waals surface area contributed by atoms with Gasteiger partial charge in [0.25, 0.3) is 0 Å². The summed E-state index contributed by atoms with van der Waals surface area (Å²) in [4.78, 5) is 32.8. The van der Waals surface area contributed by atoms with E-state index in [9.17, 15) is 14.4 Å². The molecule has 0 aliphatic rings. The van der Waals surface area contributed by atoms with Gasteiger partial charge in [-0.25, -0.2) is 4.79 Å². The van der Waals surface area contributed by atoms with Crippen molar-refractivity contribution in [3.8, 4) is 5.75 Å². The fraction of sp³-hybridized carbons (Fsp3) is 0.214. The number of aliphatic carboxylic acids is 2. The Morgan fingerprint density at radius 3 is 2.33 bits per heavy atom. The van der Waals surface area contributed by atoms with Gasteiger partial charge in [0.15, 0.2) is 0 Å². The number of hydrogen-bond acceptors (Lipinski definition) is 4. The summed E-state index contributed by atoms with van der Waals surface area (Å²) in [7, 11) is 1.53. The van der Waals surface area contributed by atoms with E-state index in [1.807, 2.05) is 0 Å². The average Bonchev–Trinajstić information content (AvgIpc) is 2.44. The molecule has 0 saturated carbocycles. The van der Waals surface area contributed by atoms with Gasteiger partial charge in [0, 0.05) is 6.08 Å². The van der Waals surface area contributed by atoms with Gasteiger partial charge in [0.2, 0.25) is 5.91 Å². The van der Waals surface area contributed by atoms with Gasteiger partial charge in [0.1, 0.15) is 11.8 Å². The number of hydrogen-bond donors (Lipinski definition) is 3. The minimum atomic E-state index is -1.46. The molecule has 0 aliphatic heterocycles. The molecule has 0 aliphatic carbocycles. The Balaban J connectivity index is 2.63. The first kappa shape index (κ1) is 16.2. The predicted molar refractivity (Wildman–Crippen MR) is 73.8 cm³/mol. The summed E-state index contributed by atoms with van der Waals surface area (Å²) in [6, 6.07) is 5.39. The third-order valence-corrected chi connectivity index (χ3v) is 2.54. The molecule has 112 valence electrons. The number of rotatable bonds is 7. The van der Waals surface area contributed by atoms with E-state index in [-0.39, 0.29) is 0 Å². The number of amides is 1. The Morgan fingerprint density at radius 2 is 1.86 bits per heavy atom. The van der Waals surface area contributed by atoms with Crippen molar-refractivity contribution >= 4 is 23.9 Å². The molecule has 0 aromatic heterocycles. The van der Waals surface area contributed by atoms with Crippen LogP contribution in [0.5, 0.6) is 5.75 Å². The van der Waals surface area contributed by atoms with E-state index in [1.165, 1.54) is 13.2 Å². The summed E-state index contributed by atoms with van der Waals surface area (Å²) in [6.45, 7) is 0. The van der Waals surface area contributed by atoms with E-state index in [2.05, 4.69) is 5.32 Å². The van der Waals surface area contributed by atoms with Crippen LogP contribution in [0.3, 0.4) is 0 Å². The molecule has 1 amide bonds. The first-order chi connectivity index (χ1) is 9.92. The molecule has 1 aromatic carbocycles. The maximum Gasteiger partial charge on any atom is 0.326 e. The van der Waals surface area contributed by atoms with Crippen LogP contribution in [-0.4, -0.2) is 41.2 Å². The highest BCUT2D eigenvalue weighted by Crippen LogP contribution is 2.12. The van der Waals surface area contributed by atoms with E-state index in [4.69, 9.17) is 14.9 Å². The molecule has 7 heteroatoms. The molecule has 0 spiro atoms. The van der Waals surface area contributed by atoms with Crippen LogP contribution >= 0.6 is 0 Å². The van der Waals surface area contributed by atoms with Crippen molar-refractivity contribution in [3.63, 3.8) is 0 Å². The molecule has 1 rings (SSSR count). The molecule has 0 fully saturated rings. The van der Waals surface area contributed by atoms with Crippen LogP contribution in [0.1, 0.15) is 12.0 Å². The lowest BCUT2D eigenvalue weighted by atomic mass is 10.2. The Kier molecular flexibility index (Phi) is 5.94. The molecule has 1 aromatic rings. The zero-order valence-corrected chi connectivity index (χ0v) is 11.3.